The molecule has 2 N–H and O–H groups in total. The van der Waals surface area contributed by atoms with Gasteiger partial charge in [-0.1, -0.05) is 290 Å². The molecule has 1 amide bonds. The molecule has 0 spiro atoms. The third-order valence-corrected chi connectivity index (χ3v) is 15.3. The van der Waals surface area contributed by atoms with Crippen molar-refractivity contribution in [2.24, 2.45) is 0 Å². The molecule has 10 heteroatoms. The highest BCUT2D eigenvalue weighted by Gasteiger charge is 2.30. The number of carbonyl (C=O) groups is 2. The minimum absolute atomic E-state index is 0.0251. The first-order chi connectivity index (χ1) is 39.9. The molecule has 3 unspecified atom stereocenters. The fourth-order valence-electron chi connectivity index (χ4n) is 9.16. The smallest absolute Gasteiger partial charge is 0.456 e. The Kier molecular flexibility index (Phi) is 57.9. The number of quaternary nitrogens is 1. The van der Waals surface area contributed by atoms with E-state index in [0.717, 1.165) is 77.0 Å². The number of likely N-dealkylation sites (N-methyl/N-ethyl adjacent to an activating group) is 1. The second-order valence-corrected chi connectivity index (χ2v) is 24.9. The van der Waals surface area contributed by atoms with Crippen LogP contribution in [-0.2, 0) is 27.9 Å². The Morgan fingerprint density at radius 1 is 0.451 bits per heavy atom. The quantitative estimate of drug-likeness (QED) is 0.0156. The van der Waals surface area contributed by atoms with Crippen LogP contribution in [0.2, 0.25) is 0 Å². The van der Waals surface area contributed by atoms with Crippen molar-refractivity contribution in [3.63, 3.8) is 0 Å². The van der Waals surface area contributed by atoms with Gasteiger partial charge in [-0.2, -0.15) is 0 Å². The van der Waals surface area contributed by atoms with E-state index in [9.17, 15) is 19.0 Å². The number of hydrogen-bond donors (Lipinski definition) is 2. The van der Waals surface area contributed by atoms with E-state index >= 15 is 0 Å². The zero-order chi connectivity index (χ0) is 60.0. The summed E-state index contributed by atoms with van der Waals surface area (Å²) in [5.74, 6) is -0.560. The number of amides is 1. The summed E-state index contributed by atoms with van der Waals surface area (Å²) in [7, 11) is 1.45. The van der Waals surface area contributed by atoms with Gasteiger partial charge >= 0.3 is 13.8 Å². The van der Waals surface area contributed by atoms with Crippen LogP contribution < -0.4 is 5.32 Å². The zero-order valence-electron chi connectivity index (χ0n) is 53.7. The molecule has 470 valence electrons. The zero-order valence-corrected chi connectivity index (χ0v) is 54.6. The van der Waals surface area contributed by atoms with Gasteiger partial charge in [-0.15, -0.1) is 0 Å². The first kappa shape index (κ1) is 78.4. The Bertz CT molecular complexity index is 1820. The standard InChI is InChI=1S/C72H125N2O7P/c1-7-10-13-16-19-22-25-28-30-32-33-34-35-36-37-38-39-40-41-43-45-47-50-53-56-59-62-65-72(76)81-70(63-60-57-54-51-48-27-24-21-18-15-12-9-3)69(68-80-82(77,78)79-67-66-74(4,5)6)73-71(75)64-61-58-55-52-49-46-44-42-31-29-26-23-20-17-14-11-8-2/h11,14,17,19-20,22-23,26,28-31,33-34,42,44,46,49,60,63,69-70H,7-10,12-13,15-16,18,21,24-25,27,32,35-41,43,45,47-48,50-59,61-62,64-68H2,1-6H3,(H-,73,75,77,78)/p+1/b14-11-,20-17+,22-19-,26-23+,30-28-,31-29-,34-33-,44-42+,49-46+,63-60-. The highest BCUT2D eigenvalue weighted by molar-refractivity contribution is 7.47. The second-order valence-electron chi connectivity index (χ2n) is 23.4. The maximum atomic E-state index is 13.5. The van der Waals surface area contributed by atoms with Crippen LogP contribution in [0.25, 0.3) is 0 Å². The molecule has 0 aliphatic carbocycles. The lowest BCUT2D eigenvalue weighted by Crippen LogP contribution is -2.47. The first-order valence-corrected chi connectivity index (χ1v) is 34.9. The number of rotatable bonds is 59. The molecule has 3 atom stereocenters. The van der Waals surface area contributed by atoms with Crippen LogP contribution in [0.15, 0.2) is 122 Å². The van der Waals surface area contributed by atoms with Gasteiger partial charge in [0.1, 0.15) is 19.3 Å². The van der Waals surface area contributed by atoms with Gasteiger partial charge in [0.05, 0.1) is 33.8 Å². The summed E-state index contributed by atoms with van der Waals surface area (Å²) in [6.07, 6.45) is 85.0. The van der Waals surface area contributed by atoms with Gasteiger partial charge < -0.3 is 19.4 Å². The topological polar surface area (TPSA) is 111 Å². The van der Waals surface area contributed by atoms with E-state index in [0.29, 0.717) is 17.4 Å². The van der Waals surface area contributed by atoms with Gasteiger partial charge in [-0.05, 0) is 89.5 Å². The molecule has 82 heavy (non-hydrogen) atoms. The third-order valence-electron chi connectivity index (χ3n) is 14.3. The Labute approximate surface area is 505 Å². The highest BCUT2D eigenvalue weighted by Crippen LogP contribution is 2.43. The Hall–Kier alpha value is -3.59. The van der Waals surface area contributed by atoms with Crippen molar-refractivity contribution in [1.82, 2.24) is 5.32 Å². The number of phosphoric acid groups is 1. The number of allylic oxidation sites excluding steroid dienone is 19. The number of hydrogen-bond acceptors (Lipinski definition) is 6. The van der Waals surface area contributed by atoms with E-state index < -0.39 is 20.0 Å². The summed E-state index contributed by atoms with van der Waals surface area (Å²) >= 11 is 0. The fraction of sp³-hybridized carbons (Fsp3) is 0.694. The van der Waals surface area contributed by atoms with Crippen molar-refractivity contribution in [3.05, 3.63) is 122 Å². The number of phosphoric ester groups is 1. The molecular weight excluding hydrogens is 1040 g/mol. The maximum absolute atomic E-state index is 13.5. The summed E-state index contributed by atoms with van der Waals surface area (Å²) < 4.78 is 30.7. The largest absolute Gasteiger partial charge is 0.472 e. The lowest BCUT2D eigenvalue weighted by atomic mass is 10.0. The molecule has 0 saturated carbocycles. The van der Waals surface area contributed by atoms with Crippen molar-refractivity contribution < 1.29 is 37.3 Å². The molecule has 0 aliphatic heterocycles. The third kappa shape index (κ3) is 61.0. The number of esters is 1. The molecule has 0 aromatic heterocycles. The summed E-state index contributed by atoms with van der Waals surface area (Å²) in [4.78, 5) is 37.8. The van der Waals surface area contributed by atoms with E-state index in [4.69, 9.17) is 13.8 Å². The van der Waals surface area contributed by atoms with E-state index in [1.54, 1.807) is 0 Å². The lowest BCUT2D eigenvalue weighted by Gasteiger charge is -2.27. The van der Waals surface area contributed by atoms with Crippen LogP contribution in [0.1, 0.15) is 271 Å². The molecule has 9 nitrogen and oxygen atoms in total. The molecule has 0 radical (unpaired) electrons. The minimum atomic E-state index is -4.47. The number of ether oxygens (including phenoxy) is 1. The van der Waals surface area contributed by atoms with E-state index in [-0.39, 0.29) is 37.9 Å². The van der Waals surface area contributed by atoms with Crippen molar-refractivity contribution in [2.45, 2.75) is 283 Å². The molecule has 0 rings (SSSR count). The Balaban J connectivity index is 5.14. The first-order valence-electron chi connectivity index (χ1n) is 33.4. The van der Waals surface area contributed by atoms with Crippen molar-refractivity contribution in [1.29, 1.82) is 0 Å². The molecule has 0 heterocycles. The summed E-state index contributed by atoms with van der Waals surface area (Å²) in [6.45, 7) is 6.80. The Morgan fingerprint density at radius 3 is 1.32 bits per heavy atom. The van der Waals surface area contributed by atoms with E-state index in [1.807, 2.05) is 94.1 Å². The van der Waals surface area contributed by atoms with Gasteiger partial charge in [0.2, 0.25) is 5.91 Å². The van der Waals surface area contributed by atoms with Gasteiger partial charge in [0, 0.05) is 12.8 Å². The highest BCUT2D eigenvalue weighted by atomic mass is 31.2. The molecule has 0 aliphatic rings. The number of unbranched alkanes of at least 4 members (excludes halogenated alkanes) is 30. The fourth-order valence-corrected chi connectivity index (χ4v) is 9.89. The number of carbonyl (C=O) groups excluding carboxylic acids is 2. The second kappa shape index (κ2) is 60.5. The molecule has 0 aromatic carbocycles. The van der Waals surface area contributed by atoms with E-state index in [2.05, 4.69) is 74.7 Å². The van der Waals surface area contributed by atoms with Crippen molar-refractivity contribution in [2.75, 3.05) is 40.9 Å². The van der Waals surface area contributed by atoms with Crippen LogP contribution in [0, 0.1) is 0 Å². The monoisotopic (exact) mass is 1160 g/mol. The SMILES string of the molecule is CC\C=C/C=C/C=C/C=C\C=C\C=C\CCCCCC(=O)NC(COP(=O)(O)OCC[N+](C)(C)C)C(/C=C\CCCCCCCCCCCC)OC(=O)CCCCCCCCCCCCCCCC/C=C\C/C=C\C/C=C\CCCCC. The summed E-state index contributed by atoms with van der Waals surface area (Å²) in [5.41, 5.74) is 0. The molecule has 0 saturated heterocycles. The Morgan fingerprint density at radius 2 is 0.829 bits per heavy atom. The van der Waals surface area contributed by atoms with Crippen LogP contribution >= 0.6 is 7.82 Å². The van der Waals surface area contributed by atoms with Crippen LogP contribution in [0.4, 0.5) is 0 Å². The average molecular weight is 1160 g/mol. The van der Waals surface area contributed by atoms with Gasteiger partial charge in [-0.3, -0.25) is 18.6 Å². The van der Waals surface area contributed by atoms with E-state index in [1.165, 1.54) is 154 Å². The lowest BCUT2D eigenvalue weighted by molar-refractivity contribution is -0.870. The predicted molar refractivity (Wildman–Crippen MR) is 355 cm³/mol. The number of nitrogens with one attached hydrogen (secondary N) is 1. The summed E-state index contributed by atoms with van der Waals surface area (Å²) in [5, 5.41) is 3.03. The average Bonchev–Trinajstić information content (AvgIpc) is 3.44. The molecule has 0 bridgehead atoms. The van der Waals surface area contributed by atoms with Gasteiger partial charge in [-0.25, -0.2) is 4.57 Å². The van der Waals surface area contributed by atoms with Crippen molar-refractivity contribution in [3.8, 4) is 0 Å². The molecule has 0 fully saturated rings. The van der Waals surface area contributed by atoms with Gasteiger partial charge in [0.25, 0.3) is 0 Å². The van der Waals surface area contributed by atoms with Crippen LogP contribution in [0.3, 0.4) is 0 Å². The van der Waals surface area contributed by atoms with Crippen LogP contribution in [0.5, 0.6) is 0 Å². The molecular formula is C72H126N2O7P+. The molecule has 0 aromatic rings. The normalized spacial score (nSPS) is 14.4. The van der Waals surface area contributed by atoms with Crippen molar-refractivity contribution >= 4 is 19.7 Å². The number of nitrogens with zero attached hydrogens (tertiary/aromatic N) is 1. The predicted octanol–water partition coefficient (Wildman–Crippen LogP) is 21.1. The minimum Gasteiger partial charge on any atom is -0.456 e. The maximum Gasteiger partial charge on any atom is 0.472 e. The van der Waals surface area contributed by atoms with Gasteiger partial charge in [0.15, 0.2) is 0 Å². The summed E-state index contributed by atoms with van der Waals surface area (Å²) in [6, 6.07) is -0.880. The van der Waals surface area contributed by atoms with Crippen LogP contribution in [-0.4, -0.2) is 74.3 Å².